The molecule has 1 aliphatic heterocycles. The molecule has 2 aromatic rings. The summed E-state index contributed by atoms with van der Waals surface area (Å²) in [5.41, 5.74) is 6.21. The molecule has 3 fully saturated rings. The third-order valence-electron chi connectivity index (χ3n) is 6.30. The highest BCUT2D eigenvalue weighted by Crippen LogP contribution is 2.59. The maximum atomic E-state index is 12.3. The van der Waals surface area contributed by atoms with Crippen molar-refractivity contribution in [2.45, 2.75) is 30.2 Å². The zero-order valence-electron chi connectivity index (χ0n) is 15.4. The number of carbonyl (C=O) groups is 2. The molecule has 3 aliphatic rings. The van der Waals surface area contributed by atoms with Gasteiger partial charge in [0.05, 0.1) is 0 Å². The molecule has 148 valence electrons. The summed E-state index contributed by atoms with van der Waals surface area (Å²) in [5, 5.41) is 2.44. The first-order valence-electron chi connectivity index (χ1n) is 9.37. The average Bonchev–Trinajstić information content (AvgIpc) is 3.57. The van der Waals surface area contributed by atoms with Crippen LogP contribution in [-0.4, -0.2) is 42.4 Å². The van der Waals surface area contributed by atoms with Gasteiger partial charge >= 0.3 is 12.1 Å². The quantitative estimate of drug-likeness (QED) is 0.628. The van der Waals surface area contributed by atoms with E-state index in [0.29, 0.717) is 31.8 Å². The molecule has 0 spiro atoms. The molecular formula is C21H23ClN2O4. The highest BCUT2D eigenvalue weighted by molar-refractivity contribution is 5.85. The Morgan fingerprint density at radius 3 is 2.61 bits per heavy atom. The molecule has 28 heavy (non-hydrogen) atoms. The summed E-state index contributed by atoms with van der Waals surface area (Å²) >= 11 is 0. The van der Waals surface area contributed by atoms with Crippen molar-refractivity contribution in [1.82, 2.24) is 4.90 Å². The van der Waals surface area contributed by atoms with Crippen molar-refractivity contribution in [2.75, 3.05) is 19.9 Å². The number of rotatable bonds is 4. The predicted molar refractivity (Wildman–Crippen MR) is 106 cm³/mol. The van der Waals surface area contributed by atoms with Crippen LogP contribution in [0.2, 0.25) is 0 Å². The molecule has 5 rings (SSSR count). The molecule has 0 unspecified atom stereocenters. The van der Waals surface area contributed by atoms with Crippen molar-refractivity contribution in [2.24, 2.45) is 11.7 Å². The number of likely N-dealkylation sites (tertiary alicyclic amines) is 1. The van der Waals surface area contributed by atoms with Crippen LogP contribution in [0.5, 0.6) is 0 Å². The van der Waals surface area contributed by atoms with E-state index in [2.05, 4.69) is 30.3 Å². The second kappa shape index (κ2) is 6.64. The highest BCUT2D eigenvalue weighted by Gasteiger charge is 2.62. The van der Waals surface area contributed by atoms with Crippen LogP contribution in [0, 0.1) is 5.92 Å². The van der Waals surface area contributed by atoms with Gasteiger partial charge in [-0.1, -0.05) is 42.5 Å². The van der Waals surface area contributed by atoms with Gasteiger partial charge < -0.3 is 20.1 Å². The topological polar surface area (TPSA) is 81.9 Å². The molecule has 2 N–H and O–H groups in total. The van der Waals surface area contributed by atoms with Gasteiger partial charge in [-0.2, -0.15) is 0 Å². The summed E-state index contributed by atoms with van der Waals surface area (Å²) in [6, 6.07) is 14.9. The molecule has 2 aliphatic carbocycles. The van der Waals surface area contributed by atoms with Gasteiger partial charge in [-0.3, -0.25) is 0 Å². The molecule has 6 nitrogen and oxygen atoms in total. The maximum absolute atomic E-state index is 12.3. The summed E-state index contributed by atoms with van der Waals surface area (Å²) in [6.45, 7) is 0.949. The Bertz CT molecular complexity index is 945. The monoisotopic (exact) mass is 402 g/mol. The lowest BCUT2D eigenvalue weighted by Crippen LogP contribution is -2.37. The van der Waals surface area contributed by atoms with Crippen LogP contribution in [0.3, 0.4) is 0 Å². The number of nitrogens with two attached hydrogens (primary N) is 1. The Labute approximate surface area is 169 Å². The largest absolute Gasteiger partial charge is 0.426 e. The van der Waals surface area contributed by atoms with Crippen LogP contribution in [0.1, 0.15) is 24.8 Å². The Balaban J connectivity index is 0.00000192. The van der Waals surface area contributed by atoms with Gasteiger partial charge in [0, 0.05) is 18.5 Å². The summed E-state index contributed by atoms with van der Waals surface area (Å²) in [7, 11) is 0. The van der Waals surface area contributed by atoms with E-state index < -0.39 is 17.6 Å². The van der Waals surface area contributed by atoms with Gasteiger partial charge in [-0.05, 0) is 41.5 Å². The molecular weight excluding hydrogens is 380 g/mol. The minimum Gasteiger partial charge on any atom is -0.426 e. The van der Waals surface area contributed by atoms with Crippen molar-refractivity contribution in [3.63, 3.8) is 0 Å². The van der Waals surface area contributed by atoms with Crippen LogP contribution >= 0.6 is 12.4 Å². The number of hydrogen-bond acceptors (Lipinski definition) is 5. The van der Waals surface area contributed by atoms with E-state index in [0.717, 1.165) is 6.42 Å². The summed E-state index contributed by atoms with van der Waals surface area (Å²) in [5.74, 6) is -0.0280. The minimum atomic E-state index is -0.859. The zero-order chi connectivity index (χ0) is 18.6. The molecule has 1 heterocycles. The number of esters is 1. The normalized spacial score (nSPS) is 26.2. The van der Waals surface area contributed by atoms with Gasteiger partial charge in [0.25, 0.3) is 0 Å². The van der Waals surface area contributed by atoms with E-state index in [9.17, 15) is 9.59 Å². The standard InChI is InChI=1S/C21H22N2O4.ClH/c22-21(7-8-21)18(24)26-13-27-19(25)23-11-17-10-20(17,12-23)16-6-5-14-3-1-2-4-15(14)9-16;/h1-6,9,17H,7-8,10-13,22H2;1H/t17-,20+;/m1./s1. The van der Waals surface area contributed by atoms with Gasteiger partial charge in [0.2, 0.25) is 6.79 Å². The molecule has 2 atom stereocenters. The van der Waals surface area contributed by atoms with Gasteiger partial charge in [0.1, 0.15) is 5.54 Å². The Kier molecular flexibility index (Phi) is 4.51. The number of ether oxygens (including phenoxy) is 2. The van der Waals surface area contributed by atoms with Crippen LogP contribution in [0.25, 0.3) is 10.8 Å². The Morgan fingerprint density at radius 2 is 1.86 bits per heavy atom. The van der Waals surface area contributed by atoms with Crippen molar-refractivity contribution >= 4 is 35.2 Å². The number of amides is 1. The van der Waals surface area contributed by atoms with Crippen molar-refractivity contribution in [3.05, 3.63) is 48.0 Å². The van der Waals surface area contributed by atoms with Crippen LogP contribution in [0.15, 0.2) is 42.5 Å². The van der Waals surface area contributed by atoms with E-state index in [1.54, 1.807) is 4.90 Å². The predicted octanol–water partition coefficient (Wildman–Crippen LogP) is 2.96. The molecule has 0 radical (unpaired) electrons. The summed E-state index contributed by atoms with van der Waals surface area (Å²) < 4.78 is 10.1. The van der Waals surface area contributed by atoms with Gasteiger partial charge in [-0.25, -0.2) is 9.59 Å². The third kappa shape index (κ3) is 3.10. The lowest BCUT2D eigenvalue weighted by Gasteiger charge is -2.21. The van der Waals surface area contributed by atoms with Crippen LogP contribution < -0.4 is 5.73 Å². The molecule has 2 aromatic carbocycles. The Hall–Kier alpha value is -2.31. The number of hydrogen-bond donors (Lipinski definition) is 1. The fourth-order valence-electron chi connectivity index (χ4n) is 4.28. The fraction of sp³-hybridized carbons (Fsp3) is 0.429. The third-order valence-corrected chi connectivity index (χ3v) is 6.30. The zero-order valence-corrected chi connectivity index (χ0v) is 16.2. The highest BCUT2D eigenvalue weighted by atomic mass is 35.5. The first kappa shape index (κ1) is 19.0. The minimum absolute atomic E-state index is 0. The van der Waals surface area contributed by atoms with Crippen molar-refractivity contribution < 1.29 is 19.1 Å². The van der Waals surface area contributed by atoms with E-state index in [1.165, 1.54) is 16.3 Å². The van der Waals surface area contributed by atoms with Gasteiger partial charge in [0.15, 0.2) is 0 Å². The van der Waals surface area contributed by atoms with Crippen LogP contribution in [0.4, 0.5) is 4.79 Å². The van der Waals surface area contributed by atoms with Crippen molar-refractivity contribution in [3.8, 4) is 0 Å². The summed E-state index contributed by atoms with van der Waals surface area (Å²) in [6.07, 6.45) is 1.92. The smallest absolute Gasteiger partial charge is 0.412 e. The molecule has 2 saturated carbocycles. The van der Waals surface area contributed by atoms with Crippen LogP contribution in [-0.2, 0) is 19.7 Å². The van der Waals surface area contributed by atoms with E-state index in [4.69, 9.17) is 15.2 Å². The number of carbonyl (C=O) groups excluding carboxylic acids is 2. The Morgan fingerprint density at radius 1 is 1.11 bits per heavy atom. The molecule has 0 aromatic heterocycles. The maximum Gasteiger partial charge on any atom is 0.412 e. The van der Waals surface area contributed by atoms with Gasteiger partial charge in [-0.15, -0.1) is 12.4 Å². The lowest BCUT2D eigenvalue weighted by atomic mass is 9.93. The number of halogens is 1. The number of benzene rings is 2. The van der Waals surface area contributed by atoms with E-state index in [-0.39, 0.29) is 24.6 Å². The first-order valence-corrected chi connectivity index (χ1v) is 9.37. The number of fused-ring (bicyclic) bond motifs is 2. The SMILES string of the molecule is Cl.NC1(C(=O)OCOC(=O)N2C[C@H]3C[C@@]3(c3ccc4ccccc4c3)C2)CC1. The first-order chi connectivity index (χ1) is 13.0. The van der Waals surface area contributed by atoms with E-state index >= 15 is 0 Å². The fourth-order valence-corrected chi connectivity index (χ4v) is 4.28. The molecule has 0 bridgehead atoms. The average molecular weight is 403 g/mol. The molecule has 1 saturated heterocycles. The second-order valence-corrected chi connectivity index (χ2v) is 8.12. The van der Waals surface area contributed by atoms with Crippen molar-refractivity contribution in [1.29, 1.82) is 0 Å². The summed E-state index contributed by atoms with van der Waals surface area (Å²) in [4.78, 5) is 25.7. The number of nitrogens with zero attached hydrogens (tertiary/aromatic N) is 1. The molecule has 1 amide bonds. The lowest BCUT2D eigenvalue weighted by molar-refractivity contribution is -0.155. The van der Waals surface area contributed by atoms with E-state index in [1.807, 2.05) is 12.1 Å². The second-order valence-electron chi connectivity index (χ2n) is 8.12. The molecule has 7 heteroatoms. The number of piperidine rings is 1.